The molecule has 2 N–H and O–H groups in total. The second-order valence-corrected chi connectivity index (χ2v) is 4.58. The first-order valence-electron chi connectivity index (χ1n) is 7.15. The molecule has 0 radical (unpaired) electrons. The molecule has 0 aliphatic heterocycles. The van der Waals surface area contributed by atoms with Gasteiger partial charge in [-0.3, -0.25) is 0 Å². The third kappa shape index (κ3) is 8.25. The molecule has 1 atom stereocenters. The van der Waals surface area contributed by atoms with Crippen LogP contribution in [0.15, 0.2) is 42.5 Å². The predicted molar refractivity (Wildman–Crippen MR) is 84.8 cm³/mol. The minimum atomic E-state index is -0.685. The number of ether oxygens (including phenoxy) is 2. The minimum absolute atomic E-state index is 0.0196. The summed E-state index contributed by atoms with van der Waals surface area (Å²) in [5, 5.41) is 5.27. The Bertz CT molecular complexity index is 557. The van der Waals surface area contributed by atoms with E-state index in [0.29, 0.717) is 5.69 Å². The normalized spacial score (nSPS) is 11.6. The van der Waals surface area contributed by atoms with E-state index in [1.807, 2.05) is 6.07 Å². The van der Waals surface area contributed by atoms with Crippen LogP contribution in [0.25, 0.3) is 0 Å². The van der Waals surface area contributed by atoms with Gasteiger partial charge in [-0.2, -0.15) is 0 Å². The summed E-state index contributed by atoms with van der Waals surface area (Å²) in [5.41, 5.74) is 0.659. The number of esters is 2. The van der Waals surface area contributed by atoms with Gasteiger partial charge < -0.3 is 20.1 Å². The Hall–Kier alpha value is -2.83. The lowest BCUT2D eigenvalue weighted by Gasteiger charge is -2.14. The number of rotatable bonds is 7. The number of amides is 2. The van der Waals surface area contributed by atoms with Gasteiger partial charge in [0.05, 0.1) is 12.6 Å². The van der Waals surface area contributed by atoms with Gasteiger partial charge in [0.15, 0.2) is 0 Å². The lowest BCUT2D eigenvalue weighted by atomic mass is 10.3. The van der Waals surface area contributed by atoms with Gasteiger partial charge in [-0.15, -0.1) is 0 Å². The van der Waals surface area contributed by atoms with Crippen LogP contribution in [0.2, 0.25) is 0 Å². The Morgan fingerprint density at radius 1 is 1.09 bits per heavy atom. The Balaban J connectivity index is 2.28. The summed E-state index contributed by atoms with van der Waals surface area (Å²) in [6.45, 7) is 3.56. The average Bonchev–Trinajstić information content (AvgIpc) is 2.52. The van der Waals surface area contributed by atoms with E-state index in [-0.39, 0.29) is 13.2 Å². The van der Waals surface area contributed by atoms with Crippen LogP contribution in [-0.4, -0.2) is 37.2 Å². The van der Waals surface area contributed by atoms with Gasteiger partial charge >= 0.3 is 18.0 Å². The van der Waals surface area contributed by atoms with Crippen molar-refractivity contribution in [3.8, 4) is 0 Å². The molecule has 23 heavy (non-hydrogen) atoms. The highest BCUT2D eigenvalue weighted by atomic mass is 16.5. The SMILES string of the molecule is CCOC(=O)/C=C/C(=O)OC[C@H](C)NC(=O)Nc1ccccc1. The zero-order valence-electron chi connectivity index (χ0n) is 13.1. The van der Waals surface area contributed by atoms with E-state index in [4.69, 9.17) is 4.74 Å². The number of carbonyl (C=O) groups excluding carboxylic acids is 3. The maximum atomic E-state index is 11.7. The van der Waals surface area contributed by atoms with Gasteiger partial charge in [-0.25, -0.2) is 14.4 Å². The lowest BCUT2D eigenvalue weighted by Crippen LogP contribution is -2.39. The predicted octanol–water partition coefficient (Wildman–Crippen LogP) is 1.86. The van der Waals surface area contributed by atoms with Gasteiger partial charge in [0.2, 0.25) is 0 Å². The summed E-state index contributed by atoms with van der Waals surface area (Å²) >= 11 is 0. The van der Waals surface area contributed by atoms with Crippen LogP contribution in [0, 0.1) is 0 Å². The molecule has 1 aromatic carbocycles. The fourth-order valence-corrected chi connectivity index (χ4v) is 1.54. The second kappa shape index (κ2) is 9.99. The Morgan fingerprint density at radius 3 is 2.30 bits per heavy atom. The van der Waals surface area contributed by atoms with Crippen LogP contribution in [0.1, 0.15) is 13.8 Å². The zero-order chi connectivity index (χ0) is 17.1. The first-order chi connectivity index (χ1) is 11.0. The van der Waals surface area contributed by atoms with Crippen molar-refractivity contribution in [3.05, 3.63) is 42.5 Å². The van der Waals surface area contributed by atoms with E-state index >= 15 is 0 Å². The van der Waals surface area contributed by atoms with Gasteiger partial charge in [-0.1, -0.05) is 18.2 Å². The molecule has 2 amide bonds. The zero-order valence-corrected chi connectivity index (χ0v) is 13.1. The molecule has 0 unspecified atom stereocenters. The molecule has 7 nitrogen and oxygen atoms in total. The minimum Gasteiger partial charge on any atom is -0.463 e. The van der Waals surface area contributed by atoms with E-state index in [0.717, 1.165) is 12.2 Å². The maximum absolute atomic E-state index is 11.7. The van der Waals surface area contributed by atoms with Crippen molar-refractivity contribution in [2.24, 2.45) is 0 Å². The number of hydrogen-bond acceptors (Lipinski definition) is 5. The summed E-state index contributed by atoms with van der Waals surface area (Å²) < 4.78 is 9.54. The molecule has 0 bridgehead atoms. The van der Waals surface area contributed by atoms with Crippen molar-refractivity contribution in [1.29, 1.82) is 0 Å². The summed E-state index contributed by atoms with van der Waals surface area (Å²) in [7, 11) is 0. The Morgan fingerprint density at radius 2 is 1.70 bits per heavy atom. The van der Waals surface area contributed by atoms with Crippen LogP contribution in [0.5, 0.6) is 0 Å². The third-order valence-electron chi connectivity index (χ3n) is 2.53. The molecule has 0 saturated carbocycles. The highest BCUT2D eigenvalue weighted by molar-refractivity contribution is 5.91. The number of anilines is 1. The van der Waals surface area contributed by atoms with Gasteiger partial charge in [-0.05, 0) is 26.0 Å². The van der Waals surface area contributed by atoms with Gasteiger partial charge in [0.25, 0.3) is 0 Å². The molecule has 124 valence electrons. The maximum Gasteiger partial charge on any atom is 0.331 e. The molecule has 0 heterocycles. The van der Waals surface area contributed by atoms with Crippen molar-refractivity contribution in [2.45, 2.75) is 19.9 Å². The number of urea groups is 1. The molecule has 0 aromatic heterocycles. The Labute approximate surface area is 134 Å². The molecular weight excluding hydrogens is 300 g/mol. The molecule has 0 fully saturated rings. The highest BCUT2D eigenvalue weighted by Gasteiger charge is 2.09. The quantitative estimate of drug-likeness (QED) is 0.591. The molecule has 7 heteroatoms. The topological polar surface area (TPSA) is 93.7 Å². The molecular formula is C16H20N2O5. The van der Waals surface area contributed by atoms with Gasteiger partial charge in [0.1, 0.15) is 6.61 Å². The standard InChI is InChI=1S/C16H20N2O5/c1-3-22-14(19)9-10-15(20)23-11-12(2)17-16(21)18-13-7-5-4-6-8-13/h4-10,12H,3,11H2,1-2H3,(H2,17,18,21)/b10-9+/t12-/m0/s1. The van der Waals surface area contributed by atoms with Crippen LogP contribution in [0.3, 0.4) is 0 Å². The number of carbonyl (C=O) groups is 3. The molecule has 0 saturated heterocycles. The number of para-hydroxylation sites is 1. The van der Waals surface area contributed by atoms with Crippen LogP contribution in [-0.2, 0) is 19.1 Å². The van der Waals surface area contributed by atoms with Crippen molar-refractivity contribution < 1.29 is 23.9 Å². The number of hydrogen-bond donors (Lipinski definition) is 2. The third-order valence-corrected chi connectivity index (χ3v) is 2.53. The van der Waals surface area contributed by atoms with E-state index in [1.165, 1.54) is 0 Å². The summed E-state index contributed by atoms with van der Waals surface area (Å²) in [6.07, 6.45) is 1.97. The van der Waals surface area contributed by atoms with Gasteiger partial charge in [0, 0.05) is 17.8 Å². The van der Waals surface area contributed by atoms with Crippen molar-refractivity contribution >= 4 is 23.7 Å². The fourth-order valence-electron chi connectivity index (χ4n) is 1.54. The summed E-state index contributed by atoms with van der Waals surface area (Å²) in [4.78, 5) is 34.1. The first-order valence-corrected chi connectivity index (χ1v) is 7.15. The fraction of sp³-hybridized carbons (Fsp3) is 0.312. The van der Waals surface area contributed by atoms with Crippen LogP contribution >= 0.6 is 0 Å². The smallest absolute Gasteiger partial charge is 0.331 e. The monoisotopic (exact) mass is 320 g/mol. The molecule has 0 aliphatic carbocycles. The van der Waals surface area contributed by atoms with Crippen molar-refractivity contribution in [1.82, 2.24) is 5.32 Å². The highest BCUT2D eigenvalue weighted by Crippen LogP contribution is 2.04. The molecule has 1 aromatic rings. The van der Waals surface area contributed by atoms with E-state index in [2.05, 4.69) is 15.4 Å². The van der Waals surface area contributed by atoms with Crippen molar-refractivity contribution in [2.75, 3.05) is 18.5 Å². The van der Waals surface area contributed by atoms with Crippen molar-refractivity contribution in [3.63, 3.8) is 0 Å². The van der Waals surface area contributed by atoms with E-state index in [1.54, 1.807) is 38.1 Å². The number of nitrogens with one attached hydrogen (secondary N) is 2. The summed E-state index contributed by atoms with van der Waals surface area (Å²) in [5.74, 6) is -1.30. The molecule has 1 rings (SSSR count). The van der Waals surface area contributed by atoms with E-state index < -0.39 is 24.0 Å². The average molecular weight is 320 g/mol. The molecule has 0 spiro atoms. The summed E-state index contributed by atoms with van der Waals surface area (Å²) in [6, 6.07) is 8.16. The Kier molecular flexibility index (Phi) is 7.91. The second-order valence-electron chi connectivity index (χ2n) is 4.58. The first kappa shape index (κ1) is 18.2. The van der Waals surface area contributed by atoms with E-state index in [9.17, 15) is 14.4 Å². The van der Waals surface area contributed by atoms with Crippen LogP contribution < -0.4 is 10.6 Å². The molecule has 0 aliphatic rings. The lowest BCUT2D eigenvalue weighted by molar-refractivity contribution is -0.140. The largest absolute Gasteiger partial charge is 0.463 e. The number of benzene rings is 1. The van der Waals surface area contributed by atoms with Crippen LogP contribution in [0.4, 0.5) is 10.5 Å².